The third kappa shape index (κ3) is 5.67. The molecule has 0 aliphatic heterocycles. The SMILES string of the molecule is CN(Cc1ccccc1NC(=O)c1cccc(Nc2ncccn2)c1)C1CCCCC1. The van der Waals surface area contributed by atoms with Crippen molar-refractivity contribution in [2.24, 2.45) is 0 Å². The first-order valence-electron chi connectivity index (χ1n) is 10.9. The Morgan fingerprint density at radius 2 is 1.77 bits per heavy atom. The molecular formula is C25H29N5O. The molecule has 3 aromatic rings. The molecule has 1 amide bonds. The first-order valence-corrected chi connectivity index (χ1v) is 10.9. The predicted octanol–water partition coefficient (Wildman–Crippen LogP) is 5.24. The van der Waals surface area contributed by atoms with Crippen LogP contribution >= 0.6 is 0 Å². The average Bonchev–Trinajstić information content (AvgIpc) is 2.82. The number of hydrogen-bond donors (Lipinski definition) is 2. The van der Waals surface area contributed by atoms with Crippen molar-refractivity contribution in [3.05, 3.63) is 78.1 Å². The molecule has 160 valence electrons. The van der Waals surface area contributed by atoms with Gasteiger partial charge in [0.1, 0.15) is 0 Å². The largest absolute Gasteiger partial charge is 0.324 e. The van der Waals surface area contributed by atoms with Gasteiger partial charge >= 0.3 is 0 Å². The van der Waals surface area contributed by atoms with E-state index < -0.39 is 0 Å². The van der Waals surface area contributed by atoms with E-state index in [4.69, 9.17) is 0 Å². The maximum absolute atomic E-state index is 13.0. The van der Waals surface area contributed by atoms with Crippen LogP contribution in [0.3, 0.4) is 0 Å². The second-order valence-electron chi connectivity index (χ2n) is 8.10. The molecule has 0 radical (unpaired) electrons. The lowest BCUT2D eigenvalue weighted by molar-refractivity contribution is 0.102. The summed E-state index contributed by atoms with van der Waals surface area (Å²) in [7, 11) is 2.19. The van der Waals surface area contributed by atoms with Gasteiger partial charge in [0.25, 0.3) is 5.91 Å². The molecule has 6 nitrogen and oxygen atoms in total. The number of rotatable bonds is 7. The van der Waals surface area contributed by atoms with Gasteiger partial charge in [0, 0.05) is 41.9 Å². The van der Waals surface area contributed by atoms with Crippen molar-refractivity contribution in [1.29, 1.82) is 0 Å². The van der Waals surface area contributed by atoms with Gasteiger partial charge < -0.3 is 10.6 Å². The Labute approximate surface area is 183 Å². The van der Waals surface area contributed by atoms with Crippen molar-refractivity contribution in [3.8, 4) is 0 Å². The molecule has 1 aliphatic rings. The van der Waals surface area contributed by atoms with Crippen molar-refractivity contribution in [2.45, 2.75) is 44.7 Å². The zero-order chi connectivity index (χ0) is 21.5. The lowest BCUT2D eigenvalue weighted by Crippen LogP contribution is -2.33. The van der Waals surface area contributed by atoms with E-state index in [1.807, 2.05) is 42.5 Å². The number of amides is 1. The number of carbonyl (C=O) groups excluding carboxylic acids is 1. The lowest BCUT2D eigenvalue weighted by atomic mass is 9.94. The highest BCUT2D eigenvalue weighted by Crippen LogP contribution is 2.25. The summed E-state index contributed by atoms with van der Waals surface area (Å²) < 4.78 is 0. The van der Waals surface area contributed by atoms with Crippen LogP contribution in [-0.4, -0.2) is 33.9 Å². The van der Waals surface area contributed by atoms with E-state index >= 15 is 0 Å². The number of benzene rings is 2. The van der Waals surface area contributed by atoms with E-state index in [9.17, 15) is 4.79 Å². The van der Waals surface area contributed by atoms with Crippen LogP contribution in [0.5, 0.6) is 0 Å². The Kier molecular flexibility index (Phi) is 6.89. The summed E-state index contributed by atoms with van der Waals surface area (Å²) in [5.74, 6) is 0.363. The minimum Gasteiger partial charge on any atom is -0.324 e. The zero-order valence-corrected chi connectivity index (χ0v) is 17.9. The maximum Gasteiger partial charge on any atom is 0.255 e. The fourth-order valence-corrected chi connectivity index (χ4v) is 4.13. The quantitative estimate of drug-likeness (QED) is 0.552. The first kappa shape index (κ1) is 21.0. The van der Waals surface area contributed by atoms with Gasteiger partial charge in [-0.05, 0) is 55.8 Å². The van der Waals surface area contributed by atoms with Gasteiger partial charge in [-0.25, -0.2) is 9.97 Å². The summed E-state index contributed by atoms with van der Waals surface area (Å²) in [5.41, 5.74) is 3.34. The van der Waals surface area contributed by atoms with Gasteiger partial charge in [-0.15, -0.1) is 0 Å². The second-order valence-corrected chi connectivity index (χ2v) is 8.10. The van der Waals surface area contributed by atoms with E-state index in [0.29, 0.717) is 17.6 Å². The average molecular weight is 416 g/mol. The topological polar surface area (TPSA) is 70.2 Å². The highest BCUT2D eigenvalue weighted by atomic mass is 16.1. The molecule has 31 heavy (non-hydrogen) atoms. The Morgan fingerprint density at radius 1 is 1.00 bits per heavy atom. The number of para-hydroxylation sites is 1. The van der Waals surface area contributed by atoms with Crippen LogP contribution < -0.4 is 10.6 Å². The molecular weight excluding hydrogens is 386 g/mol. The summed E-state index contributed by atoms with van der Waals surface area (Å²) in [6.07, 6.45) is 9.84. The van der Waals surface area contributed by atoms with E-state index in [1.165, 1.54) is 32.1 Å². The highest BCUT2D eigenvalue weighted by Gasteiger charge is 2.19. The van der Waals surface area contributed by atoms with Crippen LogP contribution in [0.1, 0.15) is 48.0 Å². The van der Waals surface area contributed by atoms with E-state index in [0.717, 1.165) is 23.5 Å². The van der Waals surface area contributed by atoms with Crippen molar-refractivity contribution in [1.82, 2.24) is 14.9 Å². The molecule has 2 aromatic carbocycles. The molecule has 1 aromatic heterocycles. The van der Waals surface area contributed by atoms with Gasteiger partial charge in [0.15, 0.2) is 0 Å². The molecule has 0 unspecified atom stereocenters. The van der Waals surface area contributed by atoms with E-state index in [1.54, 1.807) is 18.5 Å². The summed E-state index contributed by atoms with van der Waals surface area (Å²) in [6.45, 7) is 0.827. The van der Waals surface area contributed by atoms with Gasteiger partial charge in [0.2, 0.25) is 5.95 Å². The molecule has 0 saturated heterocycles. The number of nitrogens with one attached hydrogen (secondary N) is 2. The summed E-state index contributed by atoms with van der Waals surface area (Å²) in [6, 6.07) is 17.8. The van der Waals surface area contributed by atoms with Gasteiger partial charge in [-0.2, -0.15) is 0 Å². The van der Waals surface area contributed by atoms with Crippen molar-refractivity contribution in [3.63, 3.8) is 0 Å². The first-order chi connectivity index (χ1) is 15.2. The molecule has 1 saturated carbocycles. The van der Waals surface area contributed by atoms with Gasteiger partial charge in [-0.1, -0.05) is 43.5 Å². The third-order valence-electron chi connectivity index (χ3n) is 5.83. The molecule has 4 rings (SSSR count). The number of hydrogen-bond acceptors (Lipinski definition) is 5. The minimum atomic E-state index is -0.134. The molecule has 1 aliphatic carbocycles. The Balaban J connectivity index is 1.44. The number of nitrogens with zero attached hydrogens (tertiary/aromatic N) is 3. The van der Waals surface area contributed by atoms with Crippen LogP contribution in [0, 0.1) is 0 Å². The van der Waals surface area contributed by atoms with Gasteiger partial charge in [-0.3, -0.25) is 9.69 Å². The Morgan fingerprint density at radius 3 is 2.58 bits per heavy atom. The predicted molar refractivity (Wildman–Crippen MR) is 124 cm³/mol. The standard InChI is InChI=1S/C25H29N5O/c1-30(22-12-3-2-4-13-22)18-20-9-5-6-14-23(20)29-24(31)19-10-7-11-21(17-19)28-25-26-15-8-16-27-25/h5-11,14-17,22H,2-4,12-13,18H2,1H3,(H,29,31)(H,26,27,28). The lowest BCUT2D eigenvalue weighted by Gasteiger charge is -2.31. The molecule has 1 heterocycles. The Hall–Kier alpha value is -3.25. The monoisotopic (exact) mass is 415 g/mol. The van der Waals surface area contributed by atoms with E-state index in [-0.39, 0.29) is 5.91 Å². The fourth-order valence-electron chi connectivity index (χ4n) is 4.13. The van der Waals surface area contributed by atoms with Crippen molar-refractivity contribution >= 4 is 23.2 Å². The van der Waals surface area contributed by atoms with Crippen LogP contribution in [0.2, 0.25) is 0 Å². The van der Waals surface area contributed by atoms with Crippen LogP contribution in [0.4, 0.5) is 17.3 Å². The molecule has 1 fully saturated rings. The summed E-state index contributed by atoms with van der Waals surface area (Å²) in [4.78, 5) is 23.7. The van der Waals surface area contributed by atoms with Crippen LogP contribution in [-0.2, 0) is 6.54 Å². The number of carbonyl (C=O) groups is 1. The smallest absolute Gasteiger partial charge is 0.255 e. The molecule has 0 bridgehead atoms. The molecule has 6 heteroatoms. The van der Waals surface area contributed by atoms with Crippen LogP contribution in [0.25, 0.3) is 0 Å². The second kappa shape index (κ2) is 10.2. The molecule has 0 atom stereocenters. The Bertz CT molecular complexity index is 1000. The maximum atomic E-state index is 13.0. The number of anilines is 3. The van der Waals surface area contributed by atoms with Crippen molar-refractivity contribution in [2.75, 3.05) is 17.7 Å². The van der Waals surface area contributed by atoms with E-state index in [2.05, 4.69) is 38.6 Å². The van der Waals surface area contributed by atoms with Crippen LogP contribution in [0.15, 0.2) is 67.0 Å². The minimum absolute atomic E-state index is 0.134. The highest BCUT2D eigenvalue weighted by molar-refractivity contribution is 6.05. The molecule has 2 N–H and O–H groups in total. The number of aromatic nitrogens is 2. The third-order valence-corrected chi connectivity index (χ3v) is 5.83. The summed E-state index contributed by atoms with van der Waals surface area (Å²) >= 11 is 0. The molecule has 0 spiro atoms. The fraction of sp³-hybridized carbons (Fsp3) is 0.320. The summed E-state index contributed by atoms with van der Waals surface area (Å²) in [5, 5.41) is 6.23. The van der Waals surface area contributed by atoms with Crippen molar-refractivity contribution < 1.29 is 4.79 Å². The van der Waals surface area contributed by atoms with Gasteiger partial charge in [0.05, 0.1) is 0 Å². The zero-order valence-electron chi connectivity index (χ0n) is 17.9. The normalized spacial score (nSPS) is 14.4.